The van der Waals surface area contributed by atoms with Crippen molar-refractivity contribution in [1.82, 2.24) is 4.90 Å². The maximum absolute atomic E-state index is 13.3. The fourth-order valence-corrected chi connectivity index (χ4v) is 4.13. The molecule has 0 radical (unpaired) electrons. The van der Waals surface area contributed by atoms with Crippen molar-refractivity contribution in [2.45, 2.75) is 38.3 Å². The molecular weight excluding hydrogens is 313 g/mol. The summed E-state index contributed by atoms with van der Waals surface area (Å²) in [4.78, 5) is 2.36. The minimum absolute atomic E-state index is 0.259. The highest BCUT2D eigenvalue weighted by molar-refractivity contribution is 5.53. The van der Waals surface area contributed by atoms with Crippen molar-refractivity contribution in [2.75, 3.05) is 13.1 Å². The Morgan fingerprint density at radius 3 is 2.72 bits per heavy atom. The summed E-state index contributed by atoms with van der Waals surface area (Å²) < 4.78 is 13.3. The van der Waals surface area contributed by atoms with Crippen LogP contribution in [0.5, 0.6) is 0 Å². The number of benzene rings is 2. The van der Waals surface area contributed by atoms with Crippen molar-refractivity contribution >= 4 is 0 Å². The number of hydrogen-bond donors (Lipinski definition) is 1. The van der Waals surface area contributed by atoms with Crippen molar-refractivity contribution in [1.29, 1.82) is 0 Å². The predicted molar refractivity (Wildman–Crippen MR) is 96.8 cm³/mol. The molecule has 0 saturated carbocycles. The van der Waals surface area contributed by atoms with E-state index in [0.29, 0.717) is 11.6 Å². The van der Waals surface area contributed by atoms with Gasteiger partial charge in [0.25, 0.3) is 0 Å². The van der Waals surface area contributed by atoms with Gasteiger partial charge >= 0.3 is 0 Å². The molecule has 0 bridgehead atoms. The number of rotatable bonds is 1. The van der Waals surface area contributed by atoms with Crippen LogP contribution in [0.3, 0.4) is 0 Å². The summed E-state index contributed by atoms with van der Waals surface area (Å²) in [5.41, 5.74) is 5.18. The Bertz CT molecular complexity index is 883. The zero-order valence-corrected chi connectivity index (χ0v) is 14.6. The van der Waals surface area contributed by atoms with E-state index in [4.69, 9.17) is 0 Å². The second-order valence-corrected chi connectivity index (χ2v) is 7.52. The van der Waals surface area contributed by atoms with Crippen molar-refractivity contribution in [3.05, 3.63) is 70.0 Å². The Morgan fingerprint density at radius 2 is 2.00 bits per heavy atom. The van der Waals surface area contributed by atoms with Crippen LogP contribution >= 0.6 is 0 Å². The average molecular weight is 335 g/mol. The van der Waals surface area contributed by atoms with Gasteiger partial charge in [0.1, 0.15) is 5.82 Å². The first-order valence-electron chi connectivity index (χ1n) is 8.79. The summed E-state index contributed by atoms with van der Waals surface area (Å²) in [7, 11) is 0. The SMILES string of the molecule is Cc1c(C#Cc2cccc(F)c2)ccc2c1CC[C@@H]2N1CC(C)(O)C1. The summed E-state index contributed by atoms with van der Waals surface area (Å²) >= 11 is 0. The fourth-order valence-electron chi connectivity index (χ4n) is 4.13. The van der Waals surface area contributed by atoms with Crippen molar-refractivity contribution in [3.63, 3.8) is 0 Å². The molecular formula is C22H22FNO. The molecule has 1 aliphatic carbocycles. The van der Waals surface area contributed by atoms with E-state index >= 15 is 0 Å². The Kier molecular flexibility index (Phi) is 3.91. The minimum atomic E-state index is -0.534. The van der Waals surface area contributed by atoms with Gasteiger partial charge in [0.2, 0.25) is 0 Å². The van der Waals surface area contributed by atoms with Gasteiger partial charge in [-0.25, -0.2) is 4.39 Å². The third-order valence-corrected chi connectivity index (χ3v) is 5.36. The summed E-state index contributed by atoms with van der Waals surface area (Å²) in [6.07, 6.45) is 2.16. The molecule has 25 heavy (non-hydrogen) atoms. The smallest absolute Gasteiger partial charge is 0.124 e. The molecule has 1 atom stereocenters. The van der Waals surface area contributed by atoms with Crippen molar-refractivity contribution < 1.29 is 9.50 Å². The number of β-amino-alcohol motifs (C(OH)–C–C–N with tert-alkyl or cyclic N) is 1. The molecule has 0 spiro atoms. The third-order valence-electron chi connectivity index (χ3n) is 5.36. The molecule has 1 N–H and O–H groups in total. The van der Waals surface area contributed by atoms with Crippen molar-refractivity contribution in [3.8, 4) is 11.8 Å². The first-order valence-corrected chi connectivity index (χ1v) is 8.79. The number of nitrogens with zero attached hydrogens (tertiary/aromatic N) is 1. The van der Waals surface area contributed by atoms with Gasteiger partial charge in [0, 0.05) is 30.3 Å². The van der Waals surface area contributed by atoms with Crippen LogP contribution in [0.15, 0.2) is 36.4 Å². The predicted octanol–water partition coefficient (Wildman–Crippen LogP) is 3.59. The van der Waals surface area contributed by atoms with E-state index in [9.17, 15) is 9.50 Å². The highest BCUT2D eigenvalue weighted by Crippen LogP contribution is 2.41. The molecule has 1 fully saturated rings. The Labute approximate surface area is 148 Å². The first kappa shape index (κ1) is 16.3. The molecule has 2 aromatic rings. The average Bonchev–Trinajstić information content (AvgIpc) is 2.96. The standard InChI is InChI=1S/C22H22FNO/c1-15-17(7-6-16-4-3-5-18(23)12-16)8-9-20-19(15)10-11-21(20)24-13-22(2,25)14-24/h3-5,8-9,12,21,25H,10-11,13-14H2,1-2H3/t21-/m0/s1. The lowest BCUT2D eigenvalue weighted by Gasteiger charge is -2.47. The topological polar surface area (TPSA) is 23.5 Å². The van der Waals surface area contributed by atoms with Gasteiger partial charge in [0.05, 0.1) is 5.60 Å². The summed E-state index contributed by atoms with van der Waals surface area (Å²) in [5, 5.41) is 10.0. The first-order chi connectivity index (χ1) is 11.9. The minimum Gasteiger partial charge on any atom is -0.388 e. The quantitative estimate of drug-likeness (QED) is 0.805. The lowest BCUT2D eigenvalue weighted by Crippen LogP contribution is -2.60. The molecule has 3 heteroatoms. The van der Waals surface area contributed by atoms with E-state index < -0.39 is 5.60 Å². The molecule has 2 aromatic carbocycles. The second kappa shape index (κ2) is 5.98. The fraction of sp³-hybridized carbons (Fsp3) is 0.364. The molecule has 128 valence electrons. The van der Waals surface area contributed by atoms with Gasteiger partial charge in [-0.3, -0.25) is 4.90 Å². The van der Waals surface area contributed by atoms with E-state index in [2.05, 4.69) is 35.8 Å². The zero-order valence-electron chi connectivity index (χ0n) is 14.6. The lowest BCUT2D eigenvalue weighted by atomic mass is 9.91. The number of fused-ring (bicyclic) bond motifs is 1. The van der Waals surface area contributed by atoms with Crippen molar-refractivity contribution in [2.24, 2.45) is 0 Å². The van der Waals surface area contributed by atoms with Crippen LogP contribution in [0.1, 0.15) is 47.2 Å². The maximum Gasteiger partial charge on any atom is 0.124 e. The zero-order chi connectivity index (χ0) is 17.6. The Balaban J connectivity index is 1.60. The van der Waals surface area contributed by atoms with Crippen LogP contribution < -0.4 is 0 Å². The highest BCUT2D eigenvalue weighted by Gasteiger charge is 2.42. The summed E-state index contributed by atoms with van der Waals surface area (Å²) in [6, 6.07) is 11.1. The Morgan fingerprint density at radius 1 is 1.20 bits per heavy atom. The maximum atomic E-state index is 13.3. The largest absolute Gasteiger partial charge is 0.388 e. The normalized spacial score (nSPS) is 21.2. The van der Waals surface area contributed by atoms with Crippen LogP contribution in [0.25, 0.3) is 0 Å². The second-order valence-electron chi connectivity index (χ2n) is 7.52. The van der Waals surface area contributed by atoms with Crippen LogP contribution in [-0.2, 0) is 6.42 Å². The molecule has 1 saturated heterocycles. The number of halogens is 1. The van der Waals surface area contributed by atoms with Gasteiger partial charge in [-0.05, 0) is 67.6 Å². The molecule has 2 aliphatic rings. The van der Waals surface area contributed by atoms with E-state index in [1.165, 1.54) is 28.8 Å². The van der Waals surface area contributed by atoms with Gasteiger partial charge in [-0.15, -0.1) is 0 Å². The van der Waals surface area contributed by atoms with Crippen LogP contribution in [0.2, 0.25) is 0 Å². The van der Waals surface area contributed by atoms with E-state index in [1.54, 1.807) is 6.07 Å². The van der Waals surface area contributed by atoms with E-state index in [-0.39, 0.29) is 5.82 Å². The van der Waals surface area contributed by atoms with Gasteiger partial charge < -0.3 is 5.11 Å². The molecule has 0 amide bonds. The molecule has 0 aromatic heterocycles. The number of hydrogen-bond acceptors (Lipinski definition) is 2. The molecule has 0 unspecified atom stereocenters. The van der Waals surface area contributed by atoms with Gasteiger partial charge in [-0.1, -0.05) is 24.0 Å². The van der Waals surface area contributed by atoms with E-state index in [1.807, 2.05) is 13.0 Å². The molecule has 1 heterocycles. The summed E-state index contributed by atoms with van der Waals surface area (Å²) in [6.45, 7) is 5.52. The lowest BCUT2D eigenvalue weighted by molar-refractivity contribution is -0.103. The number of aliphatic hydroxyl groups is 1. The van der Waals surface area contributed by atoms with Crippen LogP contribution in [-0.4, -0.2) is 28.7 Å². The monoisotopic (exact) mass is 335 g/mol. The van der Waals surface area contributed by atoms with Gasteiger partial charge in [-0.2, -0.15) is 0 Å². The van der Waals surface area contributed by atoms with Crippen LogP contribution in [0, 0.1) is 24.6 Å². The van der Waals surface area contributed by atoms with E-state index in [0.717, 1.165) is 31.5 Å². The third kappa shape index (κ3) is 3.08. The van der Waals surface area contributed by atoms with Crippen LogP contribution in [0.4, 0.5) is 4.39 Å². The summed E-state index contributed by atoms with van der Waals surface area (Å²) in [5.74, 6) is 6.01. The molecule has 4 rings (SSSR count). The highest BCUT2D eigenvalue weighted by atomic mass is 19.1. The molecule has 2 nitrogen and oxygen atoms in total. The number of likely N-dealkylation sites (tertiary alicyclic amines) is 1. The molecule has 1 aliphatic heterocycles. The Hall–Kier alpha value is -2.15. The van der Waals surface area contributed by atoms with Gasteiger partial charge in [0.15, 0.2) is 0 Å².